The smallest absolute Gasteiger partial charge is 0.432 e. The van der Waals surface area contributed by atoms with E-state index in [0.29, 0.717) is 30.1 Å². The first-order chi connectivity index (χ1) is 16.8. The van der Waals surface area contributed by atoms with E-state index >= 15 is 0 Å². The van der Waals surface area contributed by atoms with Crippen LogP contribution in [0, 0.1) is 5.82 Å². The molecule has 0 saturated carbocycles. The maximum atomic E-state index is 14.9. The van der Waals surface area contributed by atoms with Crippen molar-refractivity contribution in [3.8, 4) is 17.2 Å². The number of halogens is 1. The summed E-state index contributed by atoms with van der Waals surface area (Å²) in [6, 6.07) is 16.7. The molecular weight excluding hydrogens is 479 g/mol. The van der Waals surface area contributed by atoms with Gasteiger partial charge in [0.1, 0.15) is 11.5 Å². The fraction of sp³-hybridized carbons (Fsp3) is 0.208. The van der Waals surface area contributed by atoms with E-state index in [1.165, 1.54) is 17.6 Å². The number of benzene rings is 3. The topological polar surface area (TPSA) is 114 Å². The second kappa shape index (κ2) is 10.3. The lowest BCUT2D eigenvalue weighted by Gasteiger charge is -2.35. The molecule has 4 rings (SSSR count). The number of carbonyl (C=O) groups excluding carboxylic acids is 1. The number of hydrogen-bond acceptors (Lipinski definition) is 7. The number of amides is 1. The van der Waals surface area contributed by atoms with Crippen LogP contribution in [0.2, 0.25) is 0 Å². The van der Waals surface area contributed by atoms with Gasteiger partial charge in [0.15, 0.2) is 17.8 Å². The molecule has 1 amide bonds. The van der Waals surface area contributed by atoms with Crippen LogP contribution >= 0.6 is 0 Å². The predicted octanol–water partition coefficient (Wildman–Crippen LogP) is 4.38. The molecule has 3 aromatic carbocycles. The monoisotopic (exact) mass is 502 g/mol. The zero-order chi connectivity index (χ0) is 25.0. The van der Waals surface area contributed by atoms with Gasteiger partial charge in [0, 0.05) is 12.1 Å². The van der Waals surface area contributed by atoms with Crippen molar-refractivity contribution in [2.75, 3.05) is 13.2 Å². The van der Waals surface area contributed by atoms with E-state index in [-0.39, 0.29) is 17.2 Å². The van der Waals surface area contributed by atoms with E-state index in [4.69, 9.17) is 19.4 Å². The molecule has 0 fully saturated rings. The van der Waals surface area contributed by atoms with E-state index in [1.807, 2.05) is 6.92 Å². The lowest BCUT2D eigenvalue weighted by atomic mass is 10.00. The van der Waals surface area contributed by atoms with Gasteiger partial charge in [0.05, 0.1) is 11.5 Å². The summed E-state index contributed by atoms with van der Waals surface area (Å²) in [5, 5.41) is 8.89. The summed E-state index contributed by atoms with van der Waals surface area (Å²) in [6.07, 6.45) is -2.21. The number of hydrogen-bond donors (Lipinski definition) is 2. The molecule has 1 heterocycles. The standard InChI is InChI=1S/C24H23FN2O7S/c1-2-32-17-7-9-18(10-8-17)33-22-12-11-19(15-21(22)25)35(30,31)27-14-13-16-5-3-4-6-20(16)23(27)34-24(28)26-29/h3-12,15,23,29H,2,13-14H2,1H3,(H,26,28)/t23-/m1/s1. The summed E-state index contributed by atoms with van der Waals surface area (Å²) in [7, 11) is -4.30. The summed E-state index contributed by atoms with van der Waals surface area (Å²) < 4.78 is 58.7. The highest BCUT2D eigenvalue weighted by Gasteiger charge is 2.39. The van der Waals surface area contributed by atoms with Crippen LogP contribution in [0.4, 0.5) is 9.18 Å². The average Bonchev–Trinajstić information content (AvgIpc) is 2.86. The van der Waals surface area contributed by atoms with Crippen molar-refractivity contribution >= 4 is 16.1 Å². The van der Waals surface area contributed by atoms with Gasteiger partial charge in [0.2, 0.25) is 10.0 Å². The van der Waals surface area contributed by atoms with Crippen molar-refractivity contribution in [2.24, 2.45) is 0 Å². The van der Waals surface area contributed by atoms with Gasteiger partial charge in [-0.25, -0.2) is 23.1 Å². The van der Waals surface area contributed by atoms with Crippen LogP contribution in [0.1, 0.15) is 24.3 Å². The van der Waals surface area contributed by atoms with Gasteiger partial charge in [0.25, 0.3) is 0 Å². The van der Waals surface area contributed by atoms with Crippen LogP contribution in [0.15, 0.2) is 71.6 Å². The first-order valence-corrected chi connectivity index (χ1v) is 12.2. The molecule has 2 N–H and O–H groups in total. The van der Waals surface area contributed by atoms with Crippen LogP contribution in [-0.2, 0) is 21.2 Å². The van der Waals surface area contributed by atoms with E-state index in [1.54, 1.807) is 48.5 Å². The second-order valence-electron chi connectivity index (χ2n) is 7.53. The lowest BCUT2D eigenvalue weighted by molar-refractivity contribution is 0.00235. The van der Waals surface area contributed by atoms with Gasteiger partial charge in [-0.1, -0.05) is 24.3 Å². The fourth-order valence-electron chi connectivity index (χ4n) is 3.76. The molecule has 0 bridgehead atoms. The number of carbonyl (C=O) groups is 1. The van der Waals surface area contributed by atoms with Crippen molar-refractivity contribution in [1.82, 2.24) is 9.79 Å². The highest BCUT2D eigenvalue weighted by Crippen LogP contribution is 2.36. The molecule has 0 aromatic heterocycles. The molecule has 1 aliphatic heterocycles. The van der Waals surface area contributed by atoms with Gasteiger partial charge in [-0.05, 0) is 61.4 Å². The fourth-order valence-corrected chi connectivity index (χ4v) is 5.26. The summed E-state index contributed by atoms with van der Waals surface area (Å²) in [5.41, 5.74) is 2.58. The molecule has 11 heteroatoms. The normalized spacial score (nSPS) is 15.7. The van der Waals surface area contributed by atoms with E-state index in [0.717, 1.165) is 15.9 Å². The number of hydroxylamine groups is 1. The number of sulfonamides is 1. The molecule has 0 unspecified atom stereocenters. The van der Waals surface area contributed by atoms with Crippen LogP contribution in [-0.4, -0.2) is 37.2 Å². The third kappa shape index (κ3) is 5.21. The summed E-state index contributed by atoms with van der Waals surface area (Å²) in [4.78, 5) is 11.4. The Kier molecular flexibility index (Phi) is 7.20. The quantitative estimate of drug-likeness (QED) is 0.364. The Morgan fingerprint density at radius 2 is 1.83 bits per heavy atom. The molecule has 0 radical (unpaired) electrons. The van der Waals surface area contributed by atoms with Crippen molar-refractivity contribution in [2.45, 2.75) is 24.5 Å². The van der Waals surface area contributed by atoms with E-state index in [2.05, 4.69) is 0 Å². The first-order valence-electron chi connectivity index (χ1n) is 10.7. The number of nitrogens with zero attached hydrogens (tertiary/aromatic N) is 1. The Morgan fingerprint density at radius 1 is 1.11 bits per heavy atom. The van der Waals surface area contributed by atoms with Gasteiger partial charge < -0.3 is 14.2 Å². The molecule has 35 heavy (non-hydrogen) atoms. The second-order valence-corrected chi connectivity index (χ2v) is 9.42. The molecule has 0 aliphatic carbocycles. The van der Waals surface area contributed by atoms with Crippen LogP contribution in [0.25, 0.3) is 0 Å². The molecule has 9 nitrogen and oxygen atoms in total. The van der Waals surface area contributed by atoms with Crippen LogP contribution in [0.3, 0.4) is 0 Å². The van der Waals surface area contributed by atoms with Crippen molar-refractivity contribution in [3.05, 3.63) is 83.7 Å². The average molecular weight is 503 g/mol. The molecule has 184 valence electrons. The Hall–Kier alpha value is -3.67. The van der Waals surface area contributed by atoms with Crippen LogP contribution in [0.5, 0.6) is 17.2 Å². The van der Waals surface area contributed by atoms with Crippen LogP contribution < -0.4 is 15.0 Å². The number of ether oxygens (including phenoxy) is 3. The molecule has 0 spiro atoms. The minimum absolute atomic E-state index is 0.0191. The molecule has 1 atom stereocenters. The first kappa shape index (κ1) is 24.5. The van der Waals surface area contributed by atoms with Gasteiger partial charge in [-0.3, -0.25) is 5.21 Å². The van der Waals surface area contributed by atoms with E-state index in [9.17, 15) is 17.6 Å². The zero-order valence-electron chi connectivity index (χ0n) is 18.7. The Bertz CT molecular complexity index is 1320. The molecule has 0 saturated heterocycles. The third-order valence-corrected chi connectivity index (χ3v) is 7.21. The van der Waals surface area contributed by atoms with Gasteiger partial charge in [-0.15, -0.1) is 0 Å². The minimum Gasteiger partial charge on any atom is -0.494 e. The molecular formula is C24H23FN2O7S. The minimum atomic E-state index is -4.30. The lowest BCUT2D eigenvalue weighted by Crippen LogP contribution is -2.43. The van der Waals surface area contributed by atoms with Crippen molar-refractivity contribution < 1.29 is 37.0 Å². The van der Waals surface area contributed by atoms with Gasteiger partial charge in [-0.2, -0.15) is 4.31 Å². The third-order valence-electron chi connectivity index (χ3n) is 5.37. The SMILES string of the molecule is CCOc1ccc(Oc2ccc(S(=O)(=O)N3CCc4ccccc4[C@H]3OC(=O)NO)cc2F)cc1. The summed E-state index contributed by atoms with van der Waals surface area (Å²) in [6.45, 7) is 2.34. The van der Waals surface area contributed by atoms with Gasteiger partial charge >= 0.3 is 6.09 Å². The predicted molar refractivity (Wildman–Crippen MR) is 122 cm³/mol. The van der Waals surface area contributed by atoms with E-state index < -0.39 is 28.2 Å². The number of rotatable bonds is 7. The molecule has 1 aliphatic rings. The molecule has 3 aromatic rings. The largest absolute Gasteiger partial charge is 0.494 e. The highest BCUT2D eigenvalue weighted by molar-refractivity contribution is 7.89. The Morgan fingerprint density at radius 3 is 2.51 bits per heavy atom. The number of nitrogens with one attached hydrogen (secondary N) is 1. The van der Waals surface area contributed by atoms with Crippen molar-refractivity contribution in [1.29, 1.82) is 0 Å². The number of fused-ring (bicyclic) bond motifs is 1. The zero-order valence-corrected chi connectivity index (χ0v) is 19.5. The summed E-state index contributed by atoms with van der Waals surface area (Å²) in [5.74, 6) is -0.0666. The summed E-state index contributed by atoms with van der Waals surface area (Å²) >= 11 is 0. The Balaban J connectivity index is 1.61. The van der Waals surface area contributed by atoms with Crippen molar-refractivity contribution in [3.63, 3.8) is 0 Å². The maximum Gasteiger partial charge on any atom is 0.432 e. The maximum absolute atomic E-state index is 14.9. The highest BCUT2D eigenvalue weighted by atomic mass is 32.2. The Labute approximate surface area is 201 Å².